The smallest absolute Gasteiger partial charge is 0.278 e. The molecule has 0 fully saturated rings. The van der Waals surface area contributed by atoms with Crippen LogP contribution in [0.15, 0.2) is 59.4 Å². The van der Waals surface area contributed by atoms with Gasteiger partial charge in [-0.15, -0.1) is 0 Å². The maximum atomic E-state index is 13.5. The van der Waals surface area contributed by atoms with E-state index in [1.54, 1.807) is 11.8 Å². The first kappa shape index (κ1) is 23.2. The molecule has 1 unspecified atom stereocenters. The Kier molecular flexibility index (Phi) is 6.77. The van der Waals surface area contributed by atoms with Gasteiger partial charge in [-0.05, 0) is 50.5 Å². The minimum atomic E-state index is -0.715. The molecule has 0 aliphatic heterocycles. The van der Waals surface area contributed by atoms with Crippen LogP contribution in [0.5, 0.6) is 5.75 Å². The number of fused-ring (bicyclic) bond motifs is 1. The van der Waals surface area contributed by atoms with Crippen LogP contribution >= 0.6 is 0 Å². The molecular weight excluding hydrogens is 430 g/mol. The summed E-state index contributed by atoms with van der Waals surface area (Å²) in [5, 5.41) is 12.6. The number of aryl methyl sites for hydroxylation is 2. The molecule has 0 bridgehead atoms. The van der Waals surface area contributed by atoms with Crippen LogP contribution in [0.4, 0.5) is 0 Å². The highest BCUT2D eigenvalue weighted by atomic mass is 16.5. The van der Waals surface area contributed by atoms with Gasteiger partial charge >= 0.3 is 0 Å². The van der Waals surface area contributed by atoms with Gasteiger partial charge in [0.25, 0.3) is 5.56 Å². The lowest BCUT2D eigenvalue weighted by Crippen LogP contribution is -2.39. The summed E-state index contributed by atoms with van der Waals surface area (Å²) in [5.41, 5.74) is 3.43. The van der Waals surface area contributed by atoms with Gasteiger partial charge in [0.15, 0.2) is 0 Å². The molecule has 34 heavy (non-hydrogen) atoms. The fourth-order valence-corrected chi connectivity index (χ4v) is 4.23. The van der Waals surface area contributed by atoms with E-state index < -0.39 is 6.04 Å². The zero-order valence-corrected chi connectivity index (χ0v) is 19.9. The molecule has 0 saturated heterocycles. The summed E-state index contributed by atoms with van der Waals surface area (Å²) in [6, 6.07) is 16.6. The molecular formula is C26H29N5O3. The number of carbonyl (C=O) groups is 1. The van der Waals surface area contributed by atoms with Gasteiger partial charge in [0, 0.05) is 6.54 Å². The first-order chi connectivity index (χ1) is 16.5. The van der Waals surface area contributed by atoms with Crippen molar-refractivity contribution in [3.8, 4) is 11.4 Å². The minimum absolute atomic E-state index is 0.237. The molecule has 4 rings (SSSR count). The summed E-state index contributed by atoms with van der Waals surface area (Å²) in [5.74, 6) is 0.549. The van der Waals surface area contributed by atoms with E-state index in [-0.39, 0.29) is 11.5 Å². The fraction of sp³-hybridized carbons (Fsp3) is 0.308. The number of nitrogens with zero attached hydrogens (tertiary/aromatic N) is 4. The van der Waals surface area contributed by atoms with Crippen LogP contribution in [-0.2, 0) is 11.2 Å². The molecule has 1 amide bonds. The highest BCUT2D eigenvalue weighted by Crippen LogP contribution is 2.21. The number of rotatable bonds is 8. The molecule has 0 aliphatic rings. The molecule has 0 spiro atoms. The van der Waals surface area contributed by atoms with Crippen LogP contribution in [0.25, 0.3) is 16.6 Å². The molecule has 1 N–H and O–H groups in total. The third-order valence-corrected chi connectivity index (χ3v) is 6.01. The summed E-state index contributed by atoms with van der Waals surface area (Å²) < 4.78 is 8.43. The molecule has 2 aromatic carbocycles. The molecule has 0 radical (unpaired) electrons. The van der Waals surface area contributed by atoms with Crippen molar-refractivity contribution >= 4 is 16.8 Å². The lowest BCUT2D eigenvalue weighted by molar-refractivity contribution is -0.124. The normalized spacial score (nSPS) is 12.0. The van der Waals surface area contributed by atoms with E-state index in [1.807, 2.05) is 75.4 Å². The molecule has 0 aliphatic carbocycles. The van der Waals surface area contributed by atoms with Crippen LogP contribution < -0.4 is 15.6 Å². The van der Waals surface area contributed by atoms with Crippen molar-refractivity contribution in [2.75, 3.05) is 13.7 Å². The zero-order chi connectivity index (χ0) is 24.2. The number of benzene rings is 2. The maximum Gasteiger partial charge on any atom is 0.278 e. The molecule has 176 valence electrons. The SMILES string of the molecule is CCC(C(=O)NCCc1ccccc1OC)n1nc(C)c2nn(-c3ccccc3)c(C)c2c1=O. The van der Waals surface area contributed by atoms with E-state index in [0.29, 0.717) is 36.0 Å². The Labute approximate surface area is 198 Å². The number of hydrogen-bond acceptors (Lipinski definition) is 5. The van der Waals surface area contributed by atoms with Gasteiger partial charge in [0.05, 0.1) is 29.6 Å². The minimum Gasteiger partial charge on any atom is -0.496 e. The third-order valence-electron chi connectivity index (χ3n) is 6.01. The number of amides is 1. The standard InChI is InChI=1S/C26H29N5O3/c1-5-21(25(32)27-16-15-19-11-9-10-14-22(19)34-4)31-26(33)23-18(3)30(20-12-7-6-8-13-20)29-24(23)17(2)28-31/h6-14,21H,5,15-16H2,1-4H3,(H,27,32). The van der Waals surface area contributed by atoms with Crippen molar-refractivity contribution in [1.82, 2.24) is 24.9 Å². The van der Waals surface area contributed by atoms with Crippen LogP contribution in [-0.4, -0.2) is 39.1 Å². The van der Waals surface area contributed by atoms with Crippen molar-refractivity contribution in [2.45, 2.75) is 39.7 Å². The van der Waals surface area contributed by atoms with E-state index in [4.69, 9.17) is 4.74 Å². The Morgan fingerprint density at radius 2 is 1.76 bits per heavy atom. The average molecular weight is 460 g/mol. The van der Waals surface area contributed by atoms with Crippen LogP contribution in [0, 0.1) is 13.8 Å². The Bertz CT molecular complexity index is 1370. The summed E-state index contributed by atoms with van der Waals surface area (Å²) in [4.78, 5) is 26.5. The second-order valence-corrected chi connectivity index (χ2v) is 8.17. The molecule has 2 aromatic heterocycles. The predicted octanol–water partition coefficient (Wildman–Crippen LogP) is 3.52. The number of para-hydroxylation sites is 2. The van der Waals surface area contributed by atoms with Crippen LogP contribution in [0.2, 0.25) is 0 Å². The Morgan fingerprint density at radius 3 is 2.47 bits per heavy atom. The predicted molar refractivity (Wildman–Crippen MR) is 132 cm³/mol. The van der Waals surface area contributed by atoms with E-state index in [0.717, 1.165) is 22.7 Å². The lowest BCUT2D eigenvalue weighted by Gasteiger charge is -2.18. The molecule has 1 atom stereocenters. The van der Waals surface area contributed by atoms with E-state index in [2.05, 4.69) is 15.5 Å². The molecule has 8 nitrogen and oxygen atoms in total. The largest absolute Gasteiger partial charge is 0.496 e. The van der Waals surface area contributed by atoms with Crippen molar-refractivity contribution in [1.29, 1.82) is 0 Å². The van der Waals surface area contributed by atoms with E-state index >= 15 is 0 Å². The third kappa shape index (κ3) is 4.31. The quantitative estimate of drug-likeness (QED) is 0.435. The zero-order valence-electron chi connectivity index (χ0n) is 19.9. The number of carbonyl (C=O) groups excluding carboxylic acids is 1. The number of methoxy groups -OCH3 is 1. The average Bonchev–Trinajstić information content (AvgIpc) is 3.21. The van der Waals surface area contributed by atoms with Gasteiger partial charge < -0.3 is 10.1 Å². The maximum absolute atomic E-state index is 13.5. The summed E-state index contributed by atoms with van der Waals surface area (Å²) in [7, 11) is 1.63. The highest BCUT2D eigenvalue weighted by Gasteiger charge is 2.25. The fourth-order valence-electron chi connectivity index (χ4n) is 4.23. The Hall–Kier alpha value is -3.94. The van der Waals surface area contributed by atoms with Gasteiger partial charge in [0.2, 0.25) is 5.91 Å². The number of nitrogens with one attached hydrogen (secondary N) is 1. The van der Waals surface area contributed by atoms with E-state index in [9.17, 15) is 9.59 Å². The van der Waals surface area contributed by atoms with Gasteiger partial charge in [-0.2, -0.15) is 10.2 Å². The van der Waals surface area contributed by atoms with E-state index in [1.165, 1.54) is 4.68 Å². The van der Waals surface area contributed by atoms with Gasteiger partial charge in [-0.3, -0.25) is 9.59 Å². The van der Waals surface area contributed by atoms with Gasteiger partial charge in [-0.25, -0.2) is 9.36 Å². The summed E-state index contributed by atoms with van der Waals surface area (Å²) in [6.07, 6.45) is 1.06. The topological polar surface area (TPSA) is 91.0 Å². The summed E-state index contributed by atoms with van der Waals surface area (Å²) in [6.45, 7) is 5.98. The molecule has 8 heteroatoms. The van der Waals surface area contributed by atoms with Crippen molar-refractivity contribution in [3.63, 3.8) is 0 Å². The second kappa shape index (κ2) is 9.91. The first-order valence-electron chi connectivity index (χ1n) is 11.4. The van der Waals surface area contributed by atoms with Crippen molar-refractivity contribution < 1.29 is 9.53 Å². The number of aromatic nitrogens is 4. The first-order valence-corrected chi connectivity index (χ1v) is 11.4. The van der Waals surface area contributed by atoms with Gasteiger partial charge in [0.1, 0.15) is 17.3 Å². The Balaban J connectivity index is 1.62. The van der Waals surface area contributed by atoms with Crippen LogP contribution in [0.1, 0.15) is 36.3 Å². The monoisotopic (exact) mass is 459 g/mol. The Morgan fingerprint density at radius 1 is 1.06 bits per heavy atom. The second-order valence-electron chi connectivity index (χ2n) is 8.17. The lowest BCUT2D eigenvalue weighted by atomic mass is 10.1. The van der Waals surface area contributed by atoms with Crippen LogP contribution in [0.3, 0.4) is 0 Å². The molecule has 4 aromatic rings. The van der Waals surface area contributed by atoms with Crippen molar-refractivity contribution in [3.05, 3.63) is 81.9 Å². The molecule has 0 saturated carbocycles. The molecule has 2 heterocycles. The number of ether oxygens (including phenoxy) is 1. The summed E-state index contributed by atoms with van der Waals surface area (Å²) >= 11 is 0. The van der Waals surface area contributed by atoms with Gasteiger partial charge in [-0.1, -0.05) is 43.3 Å². The van der Waals surface area contributed by atoms with Crippen molar-refractivity contribution in [2.24, 2.45) is 0 Å². The highest BCUT2D eigenvalue weighted by molar-refractivity contribution is 5.84. The number of hydrogen-bond donors (Lipinski definition) is 1.